The van der Waals surface area contributed by atoms with Crippen LogP contribution in [0.25, 0.3) is 11.3 Å². The van der Waals surface area contributed by atoms with Crippen LogP contribution in [0.4, 0.5) is 4.39 Å². The highest BCUT2D eigenvalue weighted by atomic mass is 19.1. The Labute approximate surface area is 186 Å². The fourth-order valence-corrected chi connectivity index (χ4v) is 4.38. The second-order valence-electron chi connectivity index (χ2n) is 8.26. The Morgan fingerprint density at radius 3 is 2.69 bits per heavy atom. The number of amidine groups is 1. The van der Waals surface area contributed by atoms with Crippen LogP contribution in [-0.4, -0.2) is 33.9 Å². The average molecular weight is 432 g/mol. The highest BCUT2D eigenvalue weighted by molar-refractivity contribution is 6.00. The standard InChI is InChI=1S/C25H25FN4O2/c1-17-15-29(16-27-17)22-11-6-19(13-23(22)31-3)18-5-4-12-30-24(14-18)28-32-25(30,2)20-7-9-21(26)10-8-20/h6-11,13-16H,4-5,12H2,1-3H3. The minimum absolute atomic E-state index is 0.266. The first-order valence-corrected chi connectivity index (χ1v) is 10.7. The molecular weight excluding hydrogens is 407 g/mol. The van der Waals surface area contributed by atoms with Gasteiger partial charge in [-0.3, -0.25) is 0 Å². The molecule has 0 bridgehead atoms. The molecule has 0 fully saturated rings. The van der Waals surface area contributed by atoms with Gasteiger partial charge in [-0.15, -0.1) is 0 Å². The van der Waals surface area contributed by atoms with Gasteiger partial charge in [-0.05, 0) is 61.2 Å². The molecule has 1 aromatic heterocycles. The second kappa shape index (κ2) is 7.82. The number of benzene rings is 2. The van der Waals surface area contributed by atoms with Crippen LogP contribution in [0.1, 0.15) is 36.6 Å². The van der Waals surface area contributed by atoms with E-state index < -0.39 is 5.72 Å². The molecule has 7 heteroatoms. The molecule has 0 saturated carbocycles. The van der Waals surface area contributed by atoms with E-state index in [4.69, 9.17) is 9.57 Å². The molecular formula is C25H25FN4O2. The monoisotopic (exact) mass is 432 g/mol. The maximum atomic E-state index is 13.4. The van der Waals surface area contributed by atoms with Crippen molar-refractivity contribution in [2.75, 3.05) is 13.7 Å². The molecule has 0 saturated heterocycles. The molecule has 0 radical (unpaired) electrons. The number of hydrogen-bond acceptors (Lipinski definition) is 5. The van der Waals surface area contributed by atoms with E-state index in [1.165, 1.54) is 17.7 Å². The summed E-state index contributed by atoms with van der Waals surface area (Å²) >= 11 is 0. The number of ether oxygens (including phenoxy) is 1. The highest BCUT2D eigenvalue weighted by Crippen LogP contribution is 2.39. The molecule has 6 nitrogen and oxygen atoms in total. The Morgan fingerprint density at radius 2 is 1.97 bits per heavy atom. The van der Waals surface area contributed by atoms with Crippen molar-refractivity contribution in [1.82, 2.24) is 14.5 Å². The van der Waals surface area contributed by atoms with Gasteiger partial charge in [0, 0.05) is 25.2 Å². The number of methoxy groups -OCH3 is 1. The van der Waals surface area contributed by atoms with E-state index in [-0.39, 0.29) is 5.82 Å². The van der Waals surface area contributed by atoms with Crippen molar-refractivity contribution >= 4 is 11.4 Å². The Bertz CT molecular complexity index is 1210. The van der Waals surface area contributed by atoms with Crippen molar-refractivity contribution in [3.8, 4) is 11.4 Å². The molecule has 0 aliphatic carbocycles. The van der Waals surface area contributed by atoms with Crippen LogP contribution in [-0.2, 0) is 10.6 Å². The molecule has 3 heterocycles. The molecule has 0 N–H and O–H groups in total. The van der Waals surface area contributed by atoms with Gasteiger partial charge in [-0.2, -0.15) is 0 Å². The SMILES string of the molecule is COc1cc(C2=CC3=NOC(C)(c4ccc(F)cc4)N3CCC2)ccc1-n1cnc(C)c1. The Hall–Kier alpha value is -3.61. The predicted molar refractivity (Wildman–Crippen MR) is 121 cm³/mol. The highest BCUT2D eigenvalue weighted by Gasteiger charge is 2.43. The number of rotatable bonds is 4. The van der Waals surface area contributed by atoms with E-state index in [1.807, 2.05) is 30.7 Å². The summed E-state index contributed by atoms with van der Waals surface area (Å²) in [6, 6.07) is 12.6. The number of oxime groups is 1. The maximum Gasteiger partial charge on any atom is 0.234 e. The van der Waals surface area contributed by atoms with E-state index in [0.29, 0.717) is 0 Å². The van der Waals surface area contributed by atoms with E-state index in [9.17, 15) is 4.39 Å². The van der Waals surface area contributed by atoms with Crippen LogP contribution in [0.3, 0.4) is 0 Å². The molecule has 2 aliphatic rings. The third-order valence-electron chi connectivity index (χ3n) is 6.16. The molecule has 0 spiro atoms. The van der Waals surface area contributed by atoms with Crippen molar-refractivity contribution in [2.24, 2.45) is 5.16 Å². The average Bonchev–Trinajstić information content (AvgIpc) is 3.29. The summed E-state index contributed by atoms with van der Waals surface area (Å²) in [5.41, 5.74) is 4.27. The molecule has 1 atom stereocenters. The van der Waals surface area contributed by atoms with Crippen LogP contribution in [0.15, 0.2) is 66.2 Å². The minimum Gasteiger partial charge on any atom is -0.495 e. The second-order valence-corrected chi connectivity index (χ2v) is 8.26. The van der Waals surface area contributed by atoms with Gasteiger partial charge in [0.1, 0.15) is 11.6 Å². The van der Waals surface area contributed by atoms with Crippen molar-refractivity contribution in [3.63, 3.8) is 0 Å². The molecule has 3 aromatic rings. The van der Waals surface area contributed by atoms with Crippen molar-refractivity contribution in [2.45, 2.75) is 32.4 Å². The molecule has 2 aromatic carbocycles. The molecule has 1 unspecified atom stereocenters. The Kier molecular flexibility index (Phi) is 4.96. The normalized spacial score (nSPS) is 20.2. The molecule has 32 heavy (non-hydrogen) atoms. The fraction of sp³-hybridized carbons (Fsp3) is 0.280. The van der Waals surface area contributed by atoms with Crippen LogP contribution < -0.4 is 4.74 Å². The Balaban J connectivity index is 1.47. The zero-order chi connectivity index (χ0) is 22.3. The number of halogens is 1. The van der Waals surface area contributed by atoms with Gasteiger partial charge >= 0.3 is 0 Å². The van der Waals surface area contributed by atoms with Crippen molar-refractivity contribution < 1.29 is 14.0 Å². The predicted octanol–water partition coefficient (Wildman–Crippen LogP) is 5.02. The van der Waals surface area contributed by atoms with Crippen LogP contribution >= 0.6 is 0 Å². The van der Waals surface area contributed by atoms with E-state index in [1.54, 1.807) is 25.6 Å². The fourth-order valence-electron chi connectivity index (χ4n) is 4.38. The quantitative estimate of drug-likeness (QED) is 0.581. The van der Waals surface area contributed by atoms with Gasteiger partial charge in [-0.1, -0.05) is 23.4 Å². The van der Waals surface area contributed by atoms with Gasteiger partial charge in [0.15, 0.2) is 5.84 Å². The topological polar surface area (TPSA) is 51.9 Å². The van der Waals surface area contributed by atoms with Gasteiger partial charge in [-0.25, -0.2) is 9.37 Å². The third-order valence-corrected chi connectivity index (χ3v) is 6.16. The van der Waals surface area contributed by atoms with Crippen molar-refractivity contribution in [1.29, 1.82) is 0 Å². The number of fused-ring (bicyclic) bond motifs is 1. The molecule has 5 rings (SSSR count). The first-order valence-electron chi connectivity index (χ1n) is 10.7. The number of imidazole rings is 1. The summed E-state index contributed by atoms with van der Waals surface area (Å²) in [5, 5.41) is 4.38. The lowest BCUT2D eigenvalue weighted by atomic mass is 10.0. The first kappa shape index (κ1) is 20.3. The van der Waals surface area contributed by atoms with Crippen LogP contribution in [0, 0.1) is 12.7 Å². The lowest BCUT2D eigenvalue weighted by Gasteiger charge is -2.33. The largest absolute Gasteiger partial charge is 0.495 e. The van der Waals surface area contributed by atoms with E-state index >= 15 is 0 Å². The third kappa shape index (κ3) is 3.43. The number of aromatic nitrogens is 2. The Morgan fingerprint density at radius 1 is 1.16 bits per heavy atom. The van der Waals surface area contributed by atoms with Crippen molar-refractivity contribution in [3.05, 3.63) is 83.7 Å². The molecule has 164 valence electrons. The smallest absolute Gasteiger partial charge is 0.234 e. The van der Waals surface area contributed by atoms with Gasteiger partial charge in [0.05, 0.1) is 24.8 Å². The summed E-state index contributed by atoms with van der Waals surface area (Å²) in [6.07, 6.45) is 7.69. The zero-order valence-electron chi connectivity index (χ0n) is 18.4. The summed E-state index contributed by atoms with van der Waals surface area (Å²) in [5.74, 6) is 1.29. The summed E-state index contributed by atoms with van der Waals surface area (Å²) in [6.45, 7) is 4.72. The van der Waals surface area contributed by atoms with E-state index in [0.717, 1.165) is 53.5 Å². The number of allylic oxidation sites excluding steroid dienone is 1. The minimum atomic E-state index is -0.754. The number of hydrogen-bond donors (Lipinski definition) is 0. The lowest BCUT2D eigenvalue weighted by Crippen LogP contribution is -2.43. The molecule has 2 aliphatic heterocycles. The lowest BCUT2D eigenvalue weighted by molar-refractivity contribution is -0.0903. The number of nitrogens with zero attached hydrogens (tertiary/aromatic N) is 4. The van der Waals surface area contributed by atoms with Gasteiger partial charge in [0.2, 0.25) is 5.72 Å². The number of aryl methyl sites for hydroxylation is 1. The van der Waals surface area contributed by atoms with Gasteiger partial charge in [0.25, 0.3) is 0 Å². The van der Waals surface area contributed by atoms with Crippen LogP contribution in [0.2, 0.25) is 0 Å². The van der Waals surface area contributed by atoms with Gasteiger partial charge < -0.3 is 19.0 Å². The zero-order valence-corrected chi connectivity index (χ0v) is 18.4. The van der Waals surface area contributed by atoms with Crippen LogP contribution in [0.5, 0.6) is 5.75 Å². The first-order chi connectivity index (χ1) is 15.5. The summed E-state index contributed by atoms with van der Waals surface area (Å²) in [4.78, 5) is 12.3. The summed E-state index contributed by atoms with van der Waals surface area (Å²) in [7, 11) is 1.68. The maximum absolute atomic E-state index is 13.4. The summed E-state index contributed by atoms with van der Waals surface area (Å²) < 4.78 is 21.1. The van der Waals surface area contributed by atoms with E-state index in [2.05, 4.69) is 33.2 Å². The molecule has 0 amide bonds.